The molecule has 0 atom stereocenters. The minimum absolute atomic E-state index is 0.599. The Morgan fingerprint density at radius 3 is 2.87 bits per heavy atom. The largest absolute Gasteiger partial charge is 0.417 e. The Kier molecular flexibility index (Phi) is 2.33. The second-order valence-electron chi connectivity index (χ2n) is 2.92. The summed E-state index contributed by atoms with van der Waals surface area (Å²) in [7, 11) is 1.58. The zero-order valence-electron chi connectivity index (χ0n) is 8.16. The van der Waals surface area contributed by atoms with E-state index in [1.165, 1.54) is 0 Å². The van der Waals surface area contributed by atoms with Crippen molar-refractivity contribution in [1.29, 1.82) is 5.39 Å². The van der Waals surface area contributed by atoms with Crippen molar-refractivity contribution in [2.75, 3.05) is 7.11 Å². The van der Waals surface area contributed by atoms with Crippen LogP contribution >= 0.6 is 0 Å². The number of pyridine rings is 1. The van der Waals surface area contributed by atoms with Crippen molar-refractivity contribution in [1.82, 2.24) is 4.73 Å². The average molecular weight is 201 g/mol. The van der Waals surface area contributed by atoms with Gasteiger partial charge in [0.05, 0.1) is 5.52 Å². The number of nitrogens with zero attached hydrogens (tertiary/aromatic N) is 4. The first kappa shape index (κ1) is 9.21. The molecular weight excluding hydrogens is 192 g/mol. The second kappa shape index (κ2) is 3.80. The van der Waals surface area contributed by atoms with Gasteiger partial charge in [0.15, 0.2) is 10.5 Å². The van der Waals surface area contributed by atoms with Gasteiger partial charge in [0, 0.05) is 11.6 Å². The minimum Gasteiger partial charge on any atom is -0.417 e. The topological polar surface area (TPSA) is 54.7 Å². The van der Waals surface area contributed by atoms with E-state index < -0.39 is 0 Å². The second-order valence-corrected chi connectivity index (χ2v) is 2.92. The van der Waals surface area contributed by atoms with Crippen molar-refractivity contribution >= 4 is 10.9 Å². The van der Waals surface area contributed by atoms with Crippen LogP contribution in [-0.4, -0.2) is 11.8 Å². The summed E-state index contributed by atoms with van der Waals surface area (Å²) < 4.78 is 1.62. The number of fused-ring (bicyclic) bond motifs is 1. The first-order valence-electron chi connectivity index (χ1n) is 4.40. The fourth-order valence-corrected chi connectivity index (χ4v) is 1.49. The van der Waals surface area contributed by atoms with Gasteiger partial charge < -0.3 is 4.84 Å². The van der Waals surface area contributed by atoms with E-state index in [1.54, 1.807) is 24.1 Å². The van der Waals surface area contributed by atoms with Crippen molar-refractivity contribution in [3.63, 3.8) is 0 Å². The van der Waals surface area contributed by atoms with E-state index in [0.29, 0.717) is 5.36 Å². The third kappa shape index (κ3) is 1.53. The van der Waals surface area contributed by atoms with Crippen LogP contribution in [0.4, 0.5) is 0 Å². The molecular formula is C10H9N4O+. The maximum Gasteiger partial charge on any atom is 0.339 e. The monoisotopic (exact) mass is 201 g/mol. The predicted octanol–water partition coefficient (Wildman–Crippen LogP) is 1.37. The molecule has 0 unspecified atom stereocenters. The average Bonchev–Trinajstić information content (AvgIpc) is 2.30. The Labute approximate surface area is 85.8 Å². The van der Waals surface area contributed by atoms with Crippen LogP contribution in [0.5, 0.6) is 0 Å². The zero-order valence-corrected chi connectivity index (χ0v) is 8.16. The lowest BCUT2D eigenvalue weighted by molar-refractivity contribution is 0.177. The number of hydrogen-bond acceptors (Lipinski definition) is 3. The fourth-order valence-electron chi connectivity index (χ4n) is 1.49. The van der Waals surface area contributed by atoms with Gasteiger partial charge in [-0.3, -0.25) is 0 Å². The molecule has 0 saturated carbocycles. The molecule has 0 aliphatic carbocycles. The molecule has 2 rings (SSSR count). The fraction of sp³-hybridized carbons (Fsp3) is 0.100. The number of diazo groups is 1. The molecule has 0 amide bonds. The molecule has 0 N–H and O–H groups in total. The van der Waals surface area contributed by atoms with Crippen LogP contribution in [0, 0.1) is 5.39 Å². The quantitative estimate of drug-likeness (QED) is 0.516. The Morgan fingerprint density at radius 2 is 2.13 bits per heavy atom. The van der Waals surface area contributed by atoms with Crippen molar-refractivity contribution in [2.24, 2.45) is 5.10 Å². The van der Waals surface area contributed by atoms with Gasteiger partial charge in [-0.15, -0.1) is 0 Å². The number of rotatable bonds is 1. The summed E-state index contributed by atoms with van der Waals surface area (Å²) in [6.07, 6.45) is 1.71. The summed E-state index contributed by atoms with van der Waals surface area (Å²) in [5.74, 6) is 0. The van der Waals surface area contributed by atoms with Gasteiger partial charge in [0.1, 0.15) is 7.11 Å². The molecule has 0 spiro atoms. The van der Waals surface area contributed by atoms with E-state index in [4.69, 9.17) is 10.2 Å². The van der Waals surface area contributed by atoms with E-state index in [-0.39, 0.29) is 0 Å². The Morgan fingerprint density at radius 1 is 1.33 bits per heavy atom. The lowest BCUT2D eigenvalue weighted by atomic mass is 10.2. The normalized spacial score (nSPS) is 11.3. The first-order chi connectivity index (χ1) is 7.36. The summed E-state index contributed by atoms with van der Waals surface area (Å²) in [6.45, 7) is 0. The SMILES string of the molecule is COn1cc/c(=N\[N+]#N)c2ccccc21. The van der Waals surface area contributed by atoms with Crippen LogP contribution in [0.3, 0.4) is 0 Å². The molecule has 1 aromatic carbocycles. The van der Waals surface area contributed by atoms with E-state index in [1.807, 2.05) is 24.3 Å². The maximum atomic E-state index is 8.43. The van der Waals surface area contributed by atoms with Crippen molar-refractivity contribution < 1.29 is 4.84 Å². The zero-order chi connectivity index (χ0) is 10.7. The van der Waals surface area contributed by atoms with Gasteiger partial charge in [-0.1, -0.05) is 18.2 Å². The Hall–Kier alpha value is -2.35. The number of hydrogen-bond donors (Lipinski definition) is 0. The minimum atomic E-state index is 0.599. The predicted molar refractivity (Wildman–Crippen MR) is 55.1 cm³/mol. The summed E-state index contributed by atoms with van der Waals surface area (Å²) in [5, 5.41) is 16.3. The molecule has 5 nitrogen and oxygen atoms in total. The highest BCUT2D eigenvalue weighted by Crippen LogP contribution is 2.07. The van der Waals surface area contributed by atoms with Crippen LogP contribution < -0.4 is 10.2 Å². The van der Waals surface area contributed by atoms with Crippen LogP contribution in [-0.2, 0) is 0 Å². The molecule has 0 saturated heterocycles. The van der Waals surface area contributed by atoms with Gasteiger partial charge in [-0.05, 0) is 12.1 Å². The van der Waals surface area contributed by atoms with E-state index in [0.717, 1.165) is 10.9 Å². The summed E-state index contributed by atoms with van der Waals surface area (Å²) in [5.41, 5.74) is 0.866. The van der Waals surface area contributed by atoms with Crippen molar-refractivity contribution in [3.05, 3.63) is 47.0 Å². The van der Waals surface area contributed by atoms with Gasteiger partial charge in [0.2, 0.25) is 0 Å². The third-order valence-corrected chi connectivity index (χ3v) is 2.13. The summed E-state index contributed by atoms with van der Waals surface area (Å²) in [6, 6.07) is 9.28. The van der Waals surface area contributed by atoms with Crippen molar-refractivity contribution in [2.45, 2.75) is 0 Å². The molecule has 0 bridgehead atoms. The highest BCUT2D eigenvalue weighted by molar-refractivity contribution is 5.78. The molecule has 15 heavy (non-hydrogen) atoms. The lowest BCUT2D eigenvalue weighted by Gasteiger charge is -2.07. The van der Waals surface area contributed by atoms with Crippen LogP contribution in [0.15, 0.2) is 41.6 Å². The molecule has 0 radical (unpaired) electrons. The van der Waals surface area contributed by atoms with Crippen LogP contribution in [0.2, 0.25) is 0 Å². The maximum absolute atomic E-state index is 8.43. The molecule has 0 aliphatic heterocycles. The molecule has 0 aliphatic rings. The first-order valence-corrected chi connectivity index (χ1v) is 4.40. The Bertz CT molecular complexity index is 594. The number of benzene rings is 1. The highest BCUT2D eigenvalue weighted by Gasteiger charge is 2.02. The number of para-hydroxylation sites is 1. The molecule has 2 aromatic rings. The van der Waals surface area contributed by atoms with Crippen molar-refractivity contribution in [3.8, 4) is 0 Å². The van der Waals surface area contributed by atoms with Gasteiger partial charge >= 0.3 is 5.08 Å². The van der Waals surface area contributed by atoms with Gasteiger partial charge in [-0.2, -0.15) is 4.73 Å². The van der Waals surface area contributed by atoms with Gasteiger partial charge in [-0.25, -0.2) is 0 Å². The van der Waals surface area contributed by atoms with E-state index in [2.05, 4.69) is 10.2 Å². The van der Waals surface area contributed by atoms with E-state index in [9.17, 15) is 0 Å². The number of aromatic nitrogens is 1. The highest BCUT2D eigenvalue weighted by atomic mass is 16.6. The molecule has 5 heteroatoms. The molecule has 0 fully saturated rings. The Balaban J connectivity index is 2.91. The third-order valence-electron chi connectivity index (χ3n) is 2.13. The smallest absolute Gasteiger partial charge is 0.339 e. The molecule has 74 valence electrons. The molecule has 1 heterocycles. The van der Waals surface area contributed by atoms with Crippen LogP contribution in [0.1, 0.15) is 0 Å². The summed E-state index contributed by atoms with van der Waals surface area (Å²) >= 11 is 0. The van der Waals surface area contributed by atoms with Crippen LogP contribution in [0.25, 0.3) is 16.0 Å². The van der Waals surface area contributed by atoms with E-state index >= 15 is 0 Å². The lowest BCUT2D eigenvalue weighted by Crippen LogP contribution is -2.12. The standard InChI is InChI=1S/C10H9N4O/c1-15-14-7-6-9(12-13-11)8-4-2-3-5-10(8)14/h2-7H,1H3/q+1/b12-9+. The summed E-state index contributed by atoms with van der Waals surface area (Å²) in [4.78, 5) is 5.14. The van der Waals surface area contributed by atoms with Gasteiger partial charge in [0.25, 0.3) is 5.39 Å². The molecule has 1 aromatic heterocycles.